The summed E-state index contributed by atoms with van der Waals surface area (Å²) in [4.78, 5) is 20.7. The van der Waals surface area contributed by atoms with Crippen molar-refractivity contribution < 1.29 is 4.79 Å². The first-order valence-electron chi connectivity index (χ1n) is 8.62. The Labute approximate surface area is 156 Å². The number of benzene rings is 2. The van der Waals surface area contributed by atoms with Crippen molar-refractivity contribution in [1.82, 2.24) is 25.1 Å². The van der Waals surface area contributed by atoms with Gasteiger partial charge in [-0.1, -0.05) is 30.3 Å². The molecule has 0 fully saturated rings. The van der Waals surface area contributed by atoms with E-state index in [-0.39, 0.29) is 5.91 Å². The van der Waals surface area contributed by atoms with E-state index in [0.717, 1.165) is 10.8 Å². The van der Waals surface area contributed by atoms with Crippen LogP contribution < -0.4 is 10.6 Å². The second-order valence-electron chi connectivity index (χ2n) is 5.96. The molecule has 2 heterocycles. The van der Waals surface area contributed by atoms with Gasteiger partial charge in [0, 0.05) is 37.1 Å². The smallest absolute Gasteiger partial charge is 0.251 e. The van der Waals surface area contributed by atoms with Gasteiger partial charge in [-0.05, 0) is 29.0 Å². The number of hydrogen-bond acceptors (Lipinski definition) is 5. The average molecular weight is 358 g/mol. The minimum absolute atomic E-state index is 0.0949. The molecule has 0 atom stereocenters. The topological polar surface area (TPSA) is 84.7 Å². The standard InChI is InChI=1S/C20H18N6O/c27-20(17-7-6-15-4-1-2-5-16(15)12-17)22-10-9-21-18-13-19(24-14-23-18)26-11-3-8-25-26/h1-8,11-14H,9-10H2,(H,22,27)(H,21,23,24). The molecule has 27 heavy (non-hydrogen) atoms. The van der Waals surface area contributed by atoms with Gasteiger partial charge in [-0.25, -0.2) is 14.6 Å². The highest BCUT2D eigenvalue weighted by atomic mass is 16.1. The summed E-state index contributed by atoms with van der Waals surface area (Å²) in [6.45, 7) is 1.03. The maximum Gasteiger partial charge on any atom is 0.251 e. The fourth-order valence-electron chi connectivity index (χ4n) is 2.77. The van der Waals surface area contributed by atoms with Crippen LogP contribution in [0, 0.1) is 0 Å². The van der Waals surface area contributed by atoms with Gasteiger partial charge in [0.1, 0.15) is 12.1 Å². The summed E-state index contributed by atoms with van der Waals surface area (Å²) < 4.78 is 1.66. The first kappa shape index (κ1) is 16.7. The summed E-state index contributed by atoms with van der Waals surface area (Å²) >= 11 is 0. The zero-order valence-corrected chi connectivity index (χ0v) is 14.5. The van der Waals surface area contributed by atoms with Crippen LogP contribution in [0.1, 0.15) is 10.4 Å². The highest BCUT2D eigenvalue weighted by molar-refractivity contribution is 5.98. The number of rotatable bonds is 6. The van der Waals surface area contributed by atoms with Gasteiger partial charge in [-0.2, -0.15) is 5.10 Å². The van der Waals surface area contributed by atoms with E-state index in [1.165, 1.54) is 6.33 Å². The number of nitrogens with zero attached hydrogens (tertiary/aromatic N) is 4. The molecule has 0 aliphatic rings. The molecular weight excluding hydrogens is 340 g/mol. The molecule has 4 aromatic rings. The fourth-order valence-corrected chi connectivity index (χ4v) is 2.77. The lowest BCUT2D eigenvalue weighted by molar-refractivity contribution is 0.0955. The molecular formula is C20H18N6O. The van der Waals surface area contributed by atoms with Gasteiger partial charge in [0.15, 0.2) is 5.82 Å². The molecule has 7 nitrogen and oxygen atoms in total. The van der Waals surface area contributed by atoms with Crippen LogP contribution >= 0.6 is 0 Å². The Kier molecular flexibility index (Phi) is 4.74. The third kappa shape index (κ3) is 3.92. The van der Waals surface area contributed by atoms with Crippen molar-refractivity contribution in [2.45, 2.75) is 0 Å². The van der Waals surface area contributed by atoms with Crippen molar-refractivity contribution in [3.8, 4) is 5.82 Å². The van der Waals surface area contributed by atoms with Crippen LogP contribution in [0.25, 0.3) is 16.6 Å². The van der Waals surface area contributed by atoms with Crippen LogP contribution in [-0.4, -0.2) is 38.7 Å². The maximum absolute atomic E-state index is 12.3. The number of hydrogen-bond donors (Lipinski definition) is 2. The Hall–Kier alpha value is -3.74. The highest BCUT2D eigenvalue weighted by Gasteiger charge is 2.06. The second kappa shape index (κ2) is 7.65. The maximum atomic E-state index is 12.3. The van der Waals surface area contributed by atoms with E-state index in [1.54, 1.807) is 16.9 Å². The van der Waals surface area contributed by atoms with Crippen LogP contribution in [0.15, 0.2) is 73.3 Å². The van der Waals surface area contributed by atoms with Crippen LogP contribution in [0.5, 0.6) is 0 Å². The van der Waals surface area contributed by atoms with Crippen LogP contribution in [0.4, 0.5) is 5.82 Å². The van der Waals surface area contributed by atoms with Crippen molar-refractivity contribution in [3.63, 3.8) is 0 Å². The number of anilines is 1. The number of fused-ring (bicyclic) bond motifs is 1. The van der Waals surface area contributed by atoms with Crippen molar-refractivity contribution in [2.75, 3.05) is 18.4 Å². The van der Waals surface area contributed by atoms with Gasteiger partial charge in [0.2, 0.25) is 0 Å². The predicted molar refractivity (Wildman–Crippen MR) is 104 cm³/mol. The lowest BCUT2D eigenvalue weighted by atomic mass is 10.1. The van der Waals surface area contributed by atoms with Crippen molar-refractivity contribution >= 4 is 22.5 Å². The van der Waals surface area contributed by atoms with Crippen LogP contribution in [0.3, 0.4) is 0 Å². The summed E-state index contributed by atoms with van der Waals surface area (Å²) in [5.41, 5.74) is 0.650. The van der Waals surface area contributed by atoms with E-state index in [1.807, 2.05) is 54.7 Å². The van der Waals surface area contributed by atoms with Crippen molar-refractivity contribution in [2.24, 2.45) is 0 Å². The number of aromatic nitrogens is 4. The van der Waals surface area contributed by atoms with Gasteiger partial charge in [0.25, 0.3) is 5.91 Å². The minimum atomic E-state index is -0.0949. The Balaban J connectivity index is 1.32. The zero-order chi connectivity index (χ0) is 18.5. The summed E-state index contributed by atoms with van der Waals surface area (Å²) in [5, 5.41) is 12.4. The Morgan fingerprint density at radius 2 is 1.85 bits per heavy atom. The molecule has 0 aliphatic carbocycles. The van der Waals surface area contributed by atoms with Crippen molar-refractivity contribution in [1.29, 1.82) is 0 Å². The number of carbonyl (C=O) groups excluding carboxylic acids is 1. The second-order valence-corrected chi connectivity index (χ2v) is 5.96. The first-order chi connectivity index (χ1) is 13.3. The quantitative estimate of drug-likeness (QED) is 0.518. The number of amides is 1. The predicted octanol–water partition coefficient (Wildman–Crippen LogP) is 2.66. The van der Waals surface area contributed by atoms with Gasteiger partial charge < -0.3 is 10.6 Å². The molecule has 0 saturated heterocycles. The third-order valence-corrected chi connectivity index (χ3v) is 4.12. The minimum Gasteiger partial charge on any atom is -0.368 e. The van der Waals surface area contributed by atoms with Crippen LogP contribution in [-0.2, 0) is 0 Å². The highest BCUT2D eigenvalue weighted by Crippen LogP contribution is 2.15. The third-order valence-electron chi connectivity index (χ3n) is 4.12. The van der Waals surface area contributed by atoms with E-state index in [2.05, 4.69) is 25.7 Å². The monoisotopic (exact) mass is 358 g/mol. The molecule has 134 valence electrons. The van der Waals surface area contributed by atoms with E-state index < -0.39 is 0 Å². The largest absolute Gasteiger partial charge is 0.368 e. The van der Waals surface area contributed by atoms with E-state index in [0.29, 0.717) is 30.3 Å². The van der Waals surface area contributed by atoms with Gasteiger partial charge in [0.05, 0.1) is 0 Å². The molecule has 2 aromatic heterocycles. The van der Waals surface area contributed by atoms with Crippen molar-refractivity contribution in [3.05, 3.63) is 78.9 Å². The normalized spacial score (nSPS) is 10.7. The van der Waals surface area contributed by atoms with Gasteiger partial charge in [-0.3, -0.25) is 4.79 Å². The summed E-state index contributed by atoms with van der Waals surface area (Å²) in [5.74, 6) is 1.26. The molecule has 0 radical (unpaired) electrons. The van der Waals surface area contributed by atoms with Gasteiger partial charge in [-0.15, -0.1) is 0 Å². The van der Waals surface area contributed by atoms with E-state index >= 15 is 0 Å². The Morgan fingerprint density at radius 3 is 2.70 bits per heavy atom. The molecule has 0 saturated carbocycles. The van der Waals surface area contributed by atoms with E-state index in [4.69, 9.17) is 0 Å². The summed E-state index contributed by atoms with van der Waals surface area (Å²) in [6.07, 6.45) is 4.99. The lowest BCUT2D eigenvalue weighted by Gasteiger charge is -2.09. The first-order valence-corrected chi connectivity index (χ1v) is 8.62. The number of nitrogens with one attached hydrogen (secondary N) is 2. The molecule has 1 amide bonds. The number of carbonyl (C=O) groups is 1. The molecule has 0 unspecified atom stereocenters. The molecule has 0 aliphatic heterocycles. The molecule has 0 spiro atoms. The van der Waals surface area contributed by atoms with Gasteiger partial charge >= 0.3 is 0 Å². The Morgan fingerprint density at radius 1 is 0.963 bits per heavy atom. The zero-order valence-electron chi connectivity index (χ0n) is 14.5. The molecule has 0 bridgehead atoms. The molecule has 2 aromatic carbocycles. The van der Waals surface area contributed by atoms with E-state index in [9.17, 15) is 4.79 Å². The summed E-state index contributed by atoms with van der Waals surface area (Å²) in [6, 6.07) is 17.3. The average Bonchev–Trinajstić information content (AvgIpc) is 3.26. The molecule has 7 heteroatoms. The SMILES string of the molecule is O=C(NCCNc1cc(-n2cccn2)ncn1)c1ccc2ccccc2c1. The summed E-state index contributed by atoms with van der Waals surface area (Å²) in [7, 11) is 0. The van der Waals surface area contributed by atoms with Crippen LogP contribution in [0.2, 0.25) is 0 Å². The molecule has 4 rings (SSSR count). The lowest BCUT2D eigenvalue weighted by Crippen LogP contribution is -2.28. The fraction of sp³-hybridized carbons (Fsp3) is 0.100. The Bertz CT molecular complexity index is 1060. The molecule has 2 N–H and O–H groups in total.